The van der Waals surface area contributed by atoms with E-state index in [4.69, 9.17) is 9.47 Å². The van der Waals surface area contributed by atoms with Gasteiger partial charge in [0.15, 0.2) is 11.5 Å². The van der Waals surface area contributed by atoms with E-state index in [0.717, 1.165) is 36.4 Å². The molecule has 0 amide bonds. The Balaban J connectivity index is 1.98. The molecule has 4 nitrogen and oxygen atoms in total. The Morgan fingerprint density at radius 2 is 1.84 bits per heavy atom. The lowest BCUT2D eigenvalue weighted by atomic mass is 10.1. The third kappa shape index (κ3) is 6.36. The predicted molar refractivity (Wildman–Crippen MR) is 98.6 cm³/mol. The maximum absolute atomic E-state index is 13.0. The molecule has 0 aliphatic heterocycles. The van der Waals surface area contributed by atoms with E-state index in [9.17, 15) is 4.39 Å². The number of hydrogen-bond donors (Lipinski definition) is 1. The Hall–Kier alpha value is -2.11. The van der Waals surface area contributed by atoms with Gasteiger partial charge in [-0.3, -0.25) is 0 Å². The highest BCUT2D eigenvalue weighted by molar-refractivity contribution is 5.46. The van der Waals surface area contributed by atoms with E-state index in [1.54, 1.807) is 19.2 Å². The van der Waals surface area contributed by atoms with Crippen LogP contribution >= 0.6 is 0 Å². The highest BCUT2D eigenvalue weighted by atomic mass is 19.1. The number of halogens is 1. The molecule has 25 heavy (non-hydrogen) atoms. The zero-order valence-electron chi connectivity index (χ0n) is 15.2. The zero-order valence-corrected chi connectivity index (χ0v) is 15.2. The molecule has 0 radical (unpaired) electrons. The molecule has 5 heteroatoms. The smallest absolute Gasteiger partial charge is 0.166 e. The molecule has 0 saturated heterocycles. The molecule has 0 spiro atoms. The number of nitrogens with zero attached hydrogens (tertiary/aromatic N) is 1. The van der Waals surface area contributed by atoms with Crippen LogP contribution in [-0.4, -0.2) is 39.2 Å². The van der Waals surface area contributed by atoms with E-state index < -0.39 is 0 Å². The Morgan fingerprint density at radius 3 is 2.52 bits per heavy atom. The molecule has 2 rings (SSSR count). The molecule has 0 aliphatic carbocycles. The van der Waals surface area contributed by atoms with Crippen LogP contribution in [0.5, 0.6) is 11.5 Å². The van der Waals surface area contributed by atoms with Gasteiger partial charge in [-0.1, -0.05) is 24.3 Å². The van der Waals surface area contributed by atoms with Gasteiger partial charge in [-0.15, -0.1) is 0 Å². The molecule has 0 unspecified atom stereocenters. The van der Waals surface area contributed by atoms with Gasteiger partial charge in [0.05, 0.1) is 7.11 Å². The number of ether oxygens (including phenoxy) is 2. The maximum atomic E-state index is 13.0. The first-order valence-electron chi connectivity index (χ1n) is 8.48. The van der Waals surface area contributed by atoms with Crippen molar-refractivity contribution < 1.29 is 13.9 Å². The van der Waals surface area contributed by atoms with Crippen LogP contribution < -0.4 is 14.8 Å². The second-order valence-electron chi connectivity index (χ2n) is 6.20. The minimum atomic E-state index is -0.247. The molecule has 2 aromatic carbocycles. The number of para-hydroxylation sites is 1. The molecule has 0 bridgehead atoms. The minimum Gasteiger partial charge on any atom is -0.493 e. The molecule has 0 aromatic heterocycles. The fourth-order valence-electron chi connectivity index (χ4n) is 2.50. The summed E-state index contributed by atoms with van der Waals surface area (Å²) in [4.78, 5) is 2.17. The summed E-state index contributed by atoms with van der Waals surface area (Å²) >= 11 is 0. The van der Waals surface area contributed by atoms with Gasteiger partial charge in [0.25, 0.3) is 0 Å². The Bertz CT molecular complexity index is 645. The van der Waals surface area contributed by atoms with Crippen molar-refractivity contribution in [1.82, 2.24) is 10.2 Å². The summed E-state index contributed by atoms with van der Waals surface area (Å²) in [5, 5.41) is 3.44. The SMILES string of the molecule is COc1cccc(CNCCCN(C)C)c1OCc1ccc(F)cc1. The molecule has 2 aromatic rings. The Kier molecular flexibility index (Phi) is 7.70. The van der Waals surface area contributed by atoms with Gasteiger partial charge >= 0.3 is 0 Å². The van der Waals surface area contributed by atoms with Crippen LogP contribution in [0.15, 0.2) is 42.5 Å². The van der Waals surface area contributed by atoms with Crippen molar-refractivity contribution in [3.8, 4) is 11.5 Å². The maximum Gasteiger partial charge on any atom is 0.166 e. The third-order valence-electron chi connectivity index (χ3n) is 3.85. The summed E-state index contributed by atoms with van der Waals surface area (Å²) in [5.41, 5.74) is 1.96. The van der Waals surface area contributed by atoms with Gasteiger partial charge in [0.1, 0.15) is 12.4 Å². The first-order valence-corrected chi connectivity index (χ1v) is 8.48. The molecule has 1 N–H and O–H groups in total. The van der Waals surface area contributed by atoms with E-state index in [1.165, 1.54) is 12.1 Å². The number of rotatable bonds is 10. The molecular formula is C20H27FN2O2. The van der Waals surface area contributed by atoms with Crippen LogP contribution in [0.25, 0.3) is 0 Å². The zero-order chi connectivity index (χ0) is 18.1. The van der Waals surface area contributed by atoms with E-state index >= 15 is 0 Å². The number of methoxy groups -OCH3 is 1. The molecule has 0 saturated carbocycles. The highest BCUT2D eigenvalue weighted by Gasteiger charge is 2.11. The van der Waals surface area contributed by atoms with Crippen LogP contribution in [-0.2, 0) is 13.2 Å². The van der Waals surface area contributed by atoms with Crippen molar-refractivity contribution >= 4 is 0 Å². The van der Waals surface area contributed by atoms with Gasteiger partial charge in [-0.2, -0.15) is 0 Å². The lowest BCUT2D eigenvalue weighted by Crippen LogP contribution is -2.21. The fraction of sp³-hybridized carbons (Fsp3) is 0.400. The van der Waals surface area contributed by atoms with Gasteiger partial charge in [0, 0.05) is 12.1 Å². The Labute approximate surface area is 149 Å². The Morgan fingerprint density at radius 1 is 1.08 bits per heavy atom. The van der Waals surface area contributed by atoms with Gasteiger partial charge in [0.2, 0.25) is 0 Å². The summed E-state index contributed by atoms with van der Waals surface area (Å²) in [6.45, 7) is 3.07. The normalized spacial score (nSPS) is 10.9. The summed E-state index contributed by atoms with van der Waals surface area (Å²) in [6, 6.07) is 12.2. The first-order chi connectivity index (χ1) is 12.1. The average Bonchev–Trinajstić information content (AvgIpc) is 2.61. The predicted octanol–water partition coefficient (Wildman–Crippen LogP) is 3.45. The molecule has 0 atom stereocenters. The van der Waals surface area contributed by atoms with Crippen molar-refractivity contribution in [3.63, 3.8) is 0 Å². The molecular weight excluding hydrogens is 319 g/mol. The van der Waals surface area contributed by atoms with E-state index in [1.807, 2.05) is 18.2 Å². The molecule has 136 valence electrons. The van der Waals surface area contributed by atoms with E-state index in [2.05, 4.69) is 24.3 Å². The fourth-order valence-corrected chi connectivity index (χ4v) is 2.50. The number of hydrogen-bond acceptors (Lipinski definition) is 4. The lowest BCUT2D eigenvalue weighted by Gasteiger charge is -2.16. The van der Waals surface area contributed by atoms with Crippen molar-refractivity contribution in [1.29, 1.82) is 0 Å². The van der Waals surface area contributed by atoms with Crippen molar-refractivity contribution in [2.24, 2.45) is 0 Å². The third-order valence-corrected chi connectivity index (χ3v) is 3.85. The summed E-state index contributed by atoms with van der Waals surface area (Å²) < 4.78 is 24.4. The van der Waals surface area contributed by atoms with Crippen LogP contribution in [0.4, 0.5) is 4.39 Å². The van der Waals surface area contributed by atoms with Crippen LogP contribution in [0.3, 0.4) is 0 Å². The molecule has 0 aliphatic rings. The van der Waals surface area contributed by atoms with Gasteiger partial charge in [-0.25, -0.2) is 4.39 Å². The highest BCUT2D eigenvalue weighted by Crippen LogP contribution is 2.31. The topological polar surface area (TPSA) is 33.7 Å². The van der Waals surface area contributed by atoms with E-state index in [-0.39, 0.29) is 5.82 Å². The van der Waals surface area contributed by atoms with Crippen molar-refractivity contribution in [2.75, 3.05) is 34.3 Å². The first kappa shape index (κ1) is 19.2. The van der Waals surface area contributed by atoms with E-state index in [0.29, 0.717) is 18.9 Å². The van der Waals surface area contributed by atoms with Crippen molar-refractivity contribution in [2.45, 2.75) is 19.6 Å². The molecule has 0 fully saturated rings. The largest absolute Gasteiger partial charge is 0.493 e. The van der Waals surface area contributed by atoms with Gasteiger partial charge < -0.3 is 19.7 Å². The summed E-state index contributed by atoms with van der Waals surface area (Å²) in [7, 11) is 5.78. The van der Waals surface area contributed by atoms with Crippen LogP contribution in [0.2, 0.25) is 0 Å². The second kappa shape index (κ2) is 10.0. The summed E-state index contributed by atoms with van der Waals surface area (Å²) in [6.07, 6.45) is 1.09. The second-order valence-corrected chi connectivity index (χ2v) is 6.20. The quantitative estimate of drug-likeness (QED) is 0.668. The van der Waals surface area contributed by atoms with Crippen molar-refractivity contribution in [3.05, 3.63) is 59.4 Å². The minimum absolute atomic E-state index is 0.247. The number of nitrogens with one attached hydrogen (secondary N) is 1. The lowest BCUT2D eigenvalue weighted by molar-refractivity contribution is 0.280. The average molecular weight is 346 g/mol. The standard InChI is InChI=1S/C20H27FN2O2/c1-23(2)13-5-12-22-14-17-6-4-7-19(24-3)20(17)25-15-16-8-10-18(21)11-9-16/h4,6-11,22H,5,12-15H2,1-3H3. The monoisotopic (exact) mass is 346 g/mol. The van der Waals surface area contributed by atoms with Gasteiger partial charge in [-0.05, 0) is 57.4 Å². The number of benzene rings is 2. The molecule has 0 heterocycles. The summed E-state index contributed by atoms with van der Waals surface area (Å²) in [5.74, 6) is 1.19. The van der Waals surface area contributed by atoms with Crippen LogP contribution in [0, 0.1) is 5.82 Å². The van der Waals surface area contributed by atoms with Crippen LogP contribution in [0.1, 0.15) is 17.5 Å².